The number of rotatable bonds is 8. The van der Waals surface area contributed by atoms with Crippen molar-refractivity contribution in [2.75, 3.05) is 45.9 Å². The van der Waals surface area contributed by atoms with E-state index in [0.717, 1.165) is 24.6 Å². The Morgan fingerprint density at radius 1 is 1.03 bits per heavy atom. The molecular formula is C22H29N2O5+. The van der Waals surface area contributed by atoms with E-state index in [1.165, 1.54) is 4.90 Å². The van der Waals surface area contributed by atoms with Gasteiger partial charge in [0, 0.05) is 0 Å². The van der Waals surface area contributed by atoms with Crippen LogP contribution < -0.4 is 14.4 Å². The van der Waals surface area contributed by atoms with Crippen molar-refractivity contribution in [1.29, 1.82) is 0 Å². The Kier molecular flexibility index (Phi) is 7.72. The number of nitrogens with one attached hydrogen (secondary N) is 1. The summed E-state index contributed by atoms with van der Waals surface area (Å²) in [5.41, 5.74) is 0. The lowest BCUT2D eigenvalue weighted by Gasteiger charge is -2.32. The summed E-state index contributed by atoms with van der Waals surface area (Å²) >= 11 is 0. The van der Waals surface area contributed by atoms with Gasteiger partial charge < -0.3 is 24.2 Å². The molecule has 3 rings (SSSR count). The van der Waals surface area contributed by atoms with Crippen LogP contribution in [0.3, 0.4) is 0 Å². The van der Waals surface area contributed by atoms with E-state index in [-0.39, 0.29) is 12.7 Å². The zero-order valence-electron chi connectivity index (χ0n) is 16.8. The maximum Gasteiger partial charge on any atom is 0.410 e. The molecule has 7 heteroatoms. The Labute approximate surface area is 171 Å². The summed E-state index contributed by atoms with van der Waals surface area (Å²) in [5, 5.41) is 10.3. The van der Waals surface area contributed by atoms with Gasteiger partial charge in [-0.3, -0.25) is 4.90 Å². The number of ether oxygens (including phenoxy) is 3. The van der Waals surface area contributed by atoms with Gasteiger partial charge in [-0.05, 0) is 43.3 Å². The summed E-state index contributed by atoms with van der Waals surface area (Å²) in [7, 11) is 0. The predicted octanol–water partition coefficient (Wildman–Crippen LogP) is 1.58. The zero-order chi connectivity index (χ0) is 20.5. The standard InChI is InChI=1S/C22H28N2O5/c1-2-27-22(26)24-14-12-23(13-15-24)16-18(25)17-28-19-8-10-21(11-9-19)29-20-6-4-3-5-7-20/h3-11,18,25H,2,12-17H2,1H3/p+1/t18-/m1/s1. The number of hydrogen-bond acceptors (Lipinski definition) is 5. The number of benzene rings is 2. The Balaban J connectivity index is 1.37. The summed E-state index contributed by atoms with van der Waals surface area (Å²) in [5.74, 6) is 2.20. The van der Waals surface area contributed by atoms with E-state index < -0.39 is 6.10 Å². The van der Waals surface area contributed by atoms with E-state index in [1.807, 2.05) is 54.6 Å². The molecule has 2 N–H and O–H groups in total. The Bertz CT molecular complexity index is 746. The number of aliphatic hydroxyl groups is 1. The highest BCUT2D eigenvalue weighted by Crippen LogP contribution is 2.23. The minimum absolute atomic E-state index is 0.226. The summed E-state index contributed by atoms with van der Waals surface area (Å²) in [6, 6.07) is 16.9. The van der Waals surface area contributed by atoms with E-state index in [4.69, 9.17) is 14.2 Å². The minimum atomic E-state index is -0.570. The highest BCUT2D eigenvalue weighted by atomic mass is 16.6. The molecule has 1 atom stereocenters. The fraction of sp³-hybridized carbons (Fsp3) is 0.409. The molecule has 0 aromatic heterocycles. The molecule has 0 radical (unpaired) electrons. The van der Waals surface area contributed by atoms with Gasteiger partial charge in [0.1, 0.15) is 36.5 Å². The second-order valence-electron chi connectivity index (χ2n) is 6.99. The third-order valence-electron chi connectivity index (χ3n) is 4.77. The molecule has 0 spiro atoms. The van der Waals surface area contributed by atoms with Crippen LogP contribution in [-0.2, 0) is 4.74 Å². The third kappa shape index (κ3) is 6.66. The molecule has 0 unspecified atom stereocenters. The van der Waals surface area contributed by atoms with E-state index >= 15 is 0 Å². The second kappa shape index (κ2) is 10.7. The minimum Gasteiger partial charge on any atom is -0.491 e. The van der Waals surface area contributed by atoms with Gasteiger partial charge >= 0.3 is 6.09 Å². The van der Waals surface area contributed by atoms with Crippen LogP contribution in [-0.4, -0.2) is 68.1 Å². The number of amides is 1. The SMILES string of the molecule is CCOC(=O)N1CC[NH+](C[C@@H](O)COc2ccc(Oc3ccccc3)cc2)CC1. The first kappa shape index (κ1) is 21.0. The van der Waals surface area contributed by atoms with Crippen LogP contribution in [0.5, 0.6) is 17.2 Å². The predicted molar refractivity (Wildman–Crippen MR) is 109 cm³/mol. The molecule has 1 saturated heterocycles. The second-order valence-corrected chi connectivity index (χ2v) is 6.99. The molecule has 2 aromatic rings. The molecule has 156 valence electrons. The van der Waals surface area contributed by atoms with Crippen molar-refractivity contribution in [3.63, 3.8) is 0 Å². The normalized spacial score (nSPS) is 15.6. The average Bonchev–Trinajstić information content (AvgIpc) is 2.75. The molecule has 1 aliphatic rings. The lowest BCUT2D eigenvalue weighted by atomic mass is 10.2. The van der Waals surface area contributed by atoms with Crippen LogP contribution in [0, 0.1) is 0 Å². The van der Waals surface area contributed by atoms with Crippen molar-refractivity contribution < 1.29 is 29.0 Å². The lowest BCUT2D eigenvalue weighted by molar-refractivity contribution is -0.907. The quantitative estimate of drug-likeness (QED) is 0.703. The fourth-order valence-electron chi connectivity index (χ4n) is 3.24. The molecular weight excluding hydrogens is 372 g/mol. The van der Waals surface area contributed by atoms with Crippen LogP contribution >= 0.6 is 0 Å². The number of quaternary nitrogens is 1. The molecule has 0 bridgehead atoms. The molecule has 0 saturated carbocycles. The topological polar surface area (TPSA) is 72.7 Å². The number of hydrogen-bond donors (Lipinski definition) is 2. The number of carbonyl (C=O) groups is 1. The first-order valence-corrected chi connectivity index (χ1v) is 10.0. The van der Waals surface area contributed by atoms with Crippen LogP contribution in [0.4, 0.5) is 4.79 Å². The van der Waals surface area contributed by atoms with Crippen molar-refractivity contribution in [1.82, 2.24) is 4.90 Å². The van der Waals surface area contributed by atoms with Crippen LogP contribution in [0.15, 0.2) is 54.6 Å². The van der Waals surface area contributed by atoms with E-state index in [9.17, 15) is 9.90 Å². The van der Waals surface area contributed by atoms with Gasteiger partial charge in [-0.2, -0.15) is 0 Å². The van der Waals surface area contributed by atoms with Crippen LogP contribution in [0.25, 0.3) is 0 Å². The van der Waals surface area contributed by atoms with Gasteiger partial charge in [-0.1, -0.05) is 18.2 Å². The summed E-state index contributed by atoms with van der Waals surface area (Å²) in [6.07, 6.45) is -0.825. The van der Waals surface area contributed by atoms with Crippen LogP contribution in [0.2, 0.25) is 0 Å². The zero-order valence-corrected chi connectivity index (χ0v) is 16.8. The molecule has 7 nitrogen and oxygen atoms in total. The van der Waals surface area contributed by atoms with Crippen LogP contribution in [0.1, 0.15) is 6.92 Å². The van der Waals surface area contributed by atoms with Gasteiger partial charge in [0.05, 0.1) is 32.8 Å². The number of para-hydroxylation sites is 1. The van der Waals surface area contributed by atoms with Crippen molar-refractivity contribution in [2.24, 2.45) is 0 Å². The Hall–Kier alpha value is -2.77. The van der Waals surface area contributed by atoms with Crippen molar-refractivity contribution in [3.8, 4) is 17.2 Å². The Morgan fingerprint density at radius 3 is 2.31 bits per heavy atom. The summed E-state index contributed by atoms with van der Waals surface area (Å²) < 4.78 is 16.5. The van der Waals surface area contributed by atoms with Crippen molar-refractivity contribution in [2.45, 2.75) is 13.0 Å². The van der Waals surface area contributed by atoms with E-state index in [1.54, 1.807) is 11.8 Å². The fourth-order valence-corrected chi connectivity index (χ4v) is 3.24. The molecule has 1 fully saturated rings. The number of nitrogens with zero attached hydrogens (tertiary/aromatic N) is 1. The molecule has 2 aromatic carbocycles. The number of aliphatic hydroxyl groups excluding tert-OH is 1. The molecule has 1 aliphatic heterocycles. The van der Waals surface area contributed by atoms with Gasteiger partial charge in [-0.15, -0.1) is 0 Å². The maximum absolute atomic E-state index is 11.7. The molecule has 0 aliphatic carbocycles. The molecule has 29 heavy (non-hydrogen) atoms. The number of carbonyl (C=O) groups excluding carboxylic acids is 1. The highest BCUT2D eigenvalue weighted by molar-refractivity contribution is 5.67. The lowest BCUT2D eigenvalue weighted by Crippen LogP contribution is -3.16. The van der Waals surface area contributed by atoms with Crippen molar-refractivity contribution in [3.05, 3.63) is 54.6 Å². The first-order valence-electron chi connectivity index (χ1n) is 10.0. The van der Waals surface area contributed by atoms with Gasteiger partial charge in [0.15, 0.2) is 0 Å². The van der Waals surface area contributed by atoms with E-state index in [0.29, 0.717) is 32.0 Å². The smallest absolute Gasteiger partial charge is 0.410 e. The van der Waals surface area contributed by atoms with Gasteiger partial charge in [0.2, 0.25) is 0 Å². The first-order chi connectivity index (χ1) is 14.1. The van der Waals surface area contributed by atoms with E-state index in [2.05, 4.69) is 0 Å². The third-order valence-corrected chi connectivity index (χ3v) is 4.77. The van der Waals surface area contributed by atoms with Gasteiger partial charge in [0.25, 0.3) is 0 Å². The summed E-state index contributed by atoms with van der Waals surface area (Å²) in [4.78, 5) is 14.7. The largest absolute Gasteiger partial charge is 0.491 e. The Morgan fingerprint density at radius 2 is 1.66 bits per heavy atom. The average molecular weight is 401 g/mol. The maximum atomic E-state index is 11.7. The summed E-state index contributed by atoms with van der Waals surface area (Å²) in [6.45, 7) is 5.88. The van der Waals surface area contributed by atoms with Gasteiger partial charge in [-0.25, -0.2) is 4.79 Å². The number of piperazine rings is 1. The molecule has 1 amide bonds. The molecule has 1 heterocycles. The highest BCUT2D eigenvalue weighted by Gasteiger charge is 2.26. The monoisotopic (exact) mass is 401 g/mol. The van der Waals surface area contributed by atoms with Crippen molar-refractivity contribution >= 4 is 6.09 Å².